The Kier molecular flexibility index (Phi) is 3.65. The van der Waals surface area contributed by atoms with E-state index in [-0.39, 0.29) is 11.8 Å². The second kappa shape index (κ2) is 5.21. The highest BCUT2D eigenvalue weighted by Gasteiger charge is 2.23. The molecule has 18 heavy (non-hydrogen) atoms. The highest BCUT2D eigenvalue weighted by molar-refractivity contribution is 5.95. The van der Waals surface area contributed by atoms with Crippen molar-refractivity contribution < 1.29 is 9.59 Å². The number of likely N-dealkylation sites (tertiary alicyclic amines) is 1. The second-order valence-corrected chi connectivity index (χ2v) is 4.90. The highest BCUT2D eigenvalue weighted by Crippen LogP contribution is 2.18. The van der Waals surface area contributed by atoms with Crippen LogP contribution in [0, 0.1) is 5.92 Å². The van der Waals surface area contributed by atoms with Gasteiger partial charge in [0.2, 0.25) is 5.91 Å². The average Bonchev–Trinajstić information content (AvgIpc) is 2.75. The largest absolute Gasteiger partial charge is 0.338 e. The molecule has 96 valence electrons. The maximum Gasteiger partial charge on any atom is 0.253 e. The molecule has 0 aromatic heterocycles. The number of nitrogens with one attached hydrogen (secondary N) is 1. The lowest BCUT2D eigenvalue weighted by atomic mass is 10.1. The summed E-state index contributed by atoms with van der Waals surface area (Å²) >= 11 is 0. The smallest absolute Gasteiger partial charge is 0.253 e. The Morgan fingerprint density at radius 2 is 1.94 bits per heavy atom. The van der Waals surface area contributed by atoms with Crippen LogP contribution in [-0.2, 0) is 4.79 Å². The predicted molar refractivity (Wildman–Crippen MR) is 70.4 cm³/mol. The van der Waals surface area contributed by atoms with E-state index < -0.39 is 0 Å². The topological polar surface area (TPSA) is 49.4 Å². The van der Waals surface area contributed by atoms with Crippen molar-refractivity contribution in [3.05, 3.63) is 29.8 Å². The minimum absolute atomic E-state index is 0.0775. The molecule has 1 atom stereocenters. The zero-order valence-corrected chi connectivity index (χ0v) is 10.8. The van der Waals surface area contributed by atoms with Gasteiger partial charge in [0, 0.05) is 31.3 Å². The van der Waals surface area contributed by atoms with Gasteiger partial charge >= 0.3 is 0 Å². The molecule has 1 saturated heterocycles. The van der Waals surface area contributed by atoms with E-state index in [1.807, 2.05) is 4.90 Å². The van der Waals surface area contributed by atoms with Crippen LogP contribution < -0.4 is 5.32 Å². The van der Waals surface area contributed by atoms with Gasteiger partial charge in [-0.2, -0.15) is 0 Å². The normalized spacial score (nSPS) is 18.8. The molecular weight excluding hydrogens is 228 g/mol. The first-order chi connectivity index (χ1) is 8.56. The molecule has 0 spiro atoms. The summed E-state index contributed by atoms with van der Waals surface area (Å²) in [7, 11) is 0. The maximum atomic E-state index is 12.2. The number of anilines is 1. The van der Waals surface area contributed by atoms with Crippen molar-refractivity contribution in [1.29, 1.82) is 0 Å². The molecule has 0 aliphatic carbocycles. The van der Waals surface area contributed by atoms with Crippen LogP contribution >= 0.6 is 0 Å². The molecule has 1 aliphatic rings. The van der Waals surface area contributed by atoms with Crippen molar-refractivity contribution in [3.63, 3.8) is 0 Å². The van der Waals surface area contributed by atoms with Gasteiger partial charge in [-0.1, -0.05) is 6.92 Å². The Balaban J connectivity index is 2.05. The van der Waals surface area contributed by atoms with E-state index >= 15 is 0 Å². The van der Waals surface area contributed by atoms with Gasteiger partial charge in [0.15, 0.2) is 0 Å². The van der Waals surface area contributed by atoms with Gasteiger partial charge in [0.1, 0.15) is 0 Å². The number of hydrogen-bond acceptors (Lipinski definition) is 2. The molecule has 0 bridgehead atoms. The SMILES string of the molecule is CC(=O)Nc1ccc(C(=O)N2CCC(C)C2)cc1. The van der Waals surface area contributed by atoms with Crippen LogP contribution in [0.3, 0.4) is 0 Å². The first-order valence-electron chi connectivity index (χ1n) is 6.23. The molecule has 2 rings (SSSR count). The zero-order valence-electron chi connectivity index (χ0n) is 10.8. The van der Waals surface area contributed by atoms with Crippen molar-refractivity contribution in [3.8, 4) is 0 Å². The number of carbonyl (C=O) groups is 2. The third-order valence-electron chi connectivity index (χ3n) is 3.16. The van der Waals surface area contributed by atoms with Crippen molar-refractivity contribution in [1.82, 2.24) is 4.90 Å². The van der Waals surface area contributed by atoms with Gasteiger partial charge in [-0.25, -0.2) is 0 Å². The van der Waals surface area contributed by atoms with E-state index in [0.717, 1.165) is 19.5 Å². The Hall–Kier alpha value is -1.84. The van der Waals surface area contributed by atoms with E-state index in [4.69, 9.17) is 0 Å². The van der Waals surface area contributed by atoms with E-state index in [1.54, 1.807) is 24.3 Å². The molecule has 1 aliphatic heterocycles. The van der Waals surface area contributed by atoms with E-state index in [2.05, 4.69) is 12.2 Å². The molecule has 1 aromatic rings. The molecule has 0 saturated carbocycles. The van der Waals surface area contributed by atoms with Crippen LogP contribution in [0.25, 0.3) is 0 Å². The van der Waals surface area contributed by atoms with E-state index in [9.17, 15) is 9.59 Å². The van der Waals surface area contributed by atoms with Gasteiger partial charge in [0.25, 0.3) is 5.91 Å². The predicted octanol–water partition coefficient (Wildman–Crippen LogP) is 2.13. The summed E-state index contributed by atoms with van der Waals surface area (Å²) < 4.78 is 0. The third kappa shape index (κ3) is 2.88. The first kappa shape index (κ1) is 12.6. The number of amides is 2. The highest BCUT2D eigenvalue weighted by atomic mass is 16.2. The lowest BCUT2D eigenvalue weighted by molar-refractivity contribution is -0.114. The fourth-order valence-corrected chi connectivity index (χ4v) is 2.20. The van der Waals surface area contributed by atoms with E-state index in [1.165, 1.54) is 6.92 Å². The Morgan fingerprint density at radius 3 is 2.44 bits per heavy atom. The Morgan fingerprint density at radius 1 is 1.28 bits per heavy atom. The first-order valence-corrected chi connectivity index (χ1v) is 6.23. The minimum Gasteiger partial charge on any atom is -0.338 e. The van der Waals surface area contributed by atoms with E-state index in [0.29, 0.717) is 17.2 Å². The van der Waals surface area contributed by atoms with Gasteiger partial charge in [-0.3, -0.25) is 9.59 Å². The molecule has 4 nitrogen and oxygen atoms in total. The monoisotopic (exact) mass is 246 g/mol. The third-order valence-corrected chi connectivity index (χ3v) is 3.16. The van der Waals surface area contributed by atoms with Crippen LogP contribution in [0.2, 0.25) is 0 Å². The summed E-state index contributed by atoms with van der Waals surface area (Å²) in [6.45, 7) is 5.30. The molecule has 1 fully saturated rings. The fraction of sp³-hybridized carbons (Fsp3) is 0.429. The quantitative estimate of drug-likeness (QED) is 0.869. The summed E-state index contributed by atoms with van der Waals surface area (Å²) in [5.41, 5.74) is 1.40. The molecule has 4 heteroatoms. The maximum absolute atomic E-state index is 12.2. The molecule has 1 unspecified atom stereocenters. The van der Waals surface area contributed by atoms with Gasteiger partial charge in [-0.15, -0.1) is 0 Å². The molecule has 1 aromatic carbocycles. The Bertz CT molecular complexity index is 453. The van der Waals surface area contributed by atoms with Crippen LogP contribution in [0.15, 0.2) is 24.3 Å². The number of benzene rings is 1. The summed E-state index contributed by atoms with van der Waals surface area (Å²) in [5.74, 6) is 0.559. The fourth-order valence-electron chi connectivity index (χ4n) is 2.20. The van der Waals surface area contributed by atoms with Crippen LogP contribution in [0.5, 0.6) is 0 Å². The molecule has 2 amide bonds. The summed E-state index contributed by atoms with van der Waals surface area (Å²) in [6.07, 6.45) is 1.08. The summed E-state index contributed by atoms with van der Waals surface area (Å²) in [4.78, 5) is 24.9. The lowest BCUT2D eigenvalue weighted by Crippen LogP contribution is -2.28. The number of hydrogen-bond donors (Lipinski definition) is 1. The van der Waals surface area contributed by atoms with Gasteiger partial charge in [-0.05, 0) is 36.6 Å². The van der Waals surface area contributed by atoms with Crippen LogP contribution in [0.1, 0.15) is 30.6 Å². The second-order valence-electron chi connectivity index (χ2n) is 4.90. The zero-order chi connectivity index (χ0) is 13.1. The summed E-state index contributed by atoms with van der Waals surface area (Å²) in [6, 6.07) is 7.04. The Labute approximate surface area is 107 Å². The van der Waals surface area contributed by atoms with Crippen molar-refractivity contribution in [2.24, 2.45) is 5.92 Å². The molecule has 0 radical (unpaired) electrons. The van der Waals surface area contributed by atoms with Crippen LogP contribution in [-0.4, -0.2) is 29.8 Å². The number of nitrogens with zero attached hydrogens (tertiary/aromatic N) is 1. The minimum atomic E-state index is -0.109. The van der Waals surface area contributed by atoms with Gasteiger partial charge in [0.05, 0.1) is 0 Å². The molecule has 1 heterocycles. The molecule has 1 N–H and O–H groups in total. The molecular formula is C14H18N2O2. The van der Waals surface area contributed by atoms with Crippen molar-refractivity contribution in [2.75, 3.05) is 18.4 Å². The lowest BCUT2D eigenvalue weighted by Gasteiger charge is -2.16. The average molecular weight is 246 g/mol. The van der Waals surface area contributed by atoms with Crippen molar-refractivity contribution in [2.45, 2.75) is 20.3 Å². The summed E-state index contributed by atoms with van der Waals surface area (Å²) in [5, 5.41) is 2.68. The number of rotatable bonds is 2. The standard InChI is InChI=1S/C14H18N2O2/c1-10-7-8-16(9-10)14(18)12-3-5-13(6-4-12)15-11(2)17/h3-6,10H,7-9H2,1-2H3,(H,15,17). The number of carbonyl (C=O) groups excluding carboxylic acids is 2. The van der Waals surface area contributed by atoms with Gasteiger partial charge < -0.3 is 10.2 Å². The van der Waals surface area contributed by atoms with Crippen LogP contribution in [0.4, 0.5) is 5.69 Å². The van der Waals surface area contributed by atoms with Crippen molar-refractivity contribution >= 4 is 17.5 Å².